The van der Waals surface area contributed by atoms with Crippen LogP contribution in [0.5, 0.6) is 0 Å². The summed E-state index contributed by atoms with van der Waals surface area (Å²) in [7, 11) is 1.96. The van der Waals surface area contributed by atoms with Crippen LogP contribution in [0.25, 0.3) is 0 Å². The molecule has 0 radical (unpaired) electrons. The zero-order valence-corrected chi connectivity index (χ0v) is 12.2. The molecule has 3 nitrogen and oxygen atoms in total. The normalized spacial score (nSPS) is 14.7. The van der Waals surface area contributed by atoms with Gasteiger partial charge in [-0.15, -0.1) is 6.58 Å². The molecule has 0 fully saturated rings. The van der Waals surface area contributed by atoms with Crippen molar-refractivity contribution in [2.45, 2.75) is 33.6 Å². The Balaban J connectivity index is 2.41. The van der Waals surface area contributed by atoms with Crippen molar-refractivity contribution in [3.8, 4) is 0 Å². The lowest BCUT2D eigenvalue weighted by Gasteiger charge is -2.26. The summed E-state index contributed by atoms with van der Waals surface area (Å²) in [6.07, 6.45) is 8.28. The molecule has 0 amide bonds. The minimum Gasteiger partial charge on any atom is -0.316 e. The zero-order valence-electron chi connectivity index (χ0n) is 12.2. The van der Waals surface area contributed by atoms with Crippen molar-refractivity contribution in [1.82, 2.24) is 15.1 Å². The van der Waals surface area contributed by atoms with Gasteiger partial charge in [0.15, 0.2) is 0 Å². The molecule has 102 valence electrons. The van der Waals surface area contributed by atoms with E-state index >= 15 is 0 Å². The van der Waals surface area contributed by atoms with E-state index in [-0.39, 0.29) is 5.41 Å². The van der Waals surface area contributed by atoms with Crippen molar-refractivity contribution in [2.75, 3.05) is 13.1 Å². The van der Waals surface area contributed by atoms with Crippen LogP contribution in [0, 0.1) is 11.3 Å². The third kappa shape index (κ3) is 5.05. The molecular weight excluding hydrogens is 222 g/mol. The standard InChI is InChI=1S/C15H27N3/c1-6-15(4,12-16-9-13(2)3)8-7-14-10-17-18(5)11-14/h6,10-11,13,16H,1,7-9,12H2,2-5H3. The van der Waals surface area contributed by atoms with E-state index in [2.05, 4.69) is 50.0 Å². The predicted octanol–water partition coefficient (Wildman–Crippen LogP) is 2.79. The lowest BCUT2D eigenvalue weighted by Crippen LogP contribution is -2.32. The number of aryl methyl sites for hydroxylation is 2. The molecule has 1 heterocycles. The number of nitrogens with zero attached hydrogens (tertiary/aromatic N) is 2. The first kappa shape index (κ1) is 15.0. The minimum absolute atomic E-state index is 0.157. The fourth-order valence-corrected chi connectivity index (χ4v) is 1.94. The molecule has 0 saturated carbocycles. The summed E-state index contributed by atoms with van der Waals surface area (Å²) >= 11 is 0. The molecule has 0 aliphatic rings. The summed E-state index contributed by atoms with van der Waals surface area (Å²) < 4.78 is 1.86. The zero-order chi connectivity index (χ0) is 13.6. The average molecular weight is 249 g/mol. The van der Waals surface area contributed by atoms with E-state index in [0.29, 0.717) is 5.92 Å². The third-order valence-corrected chi connectivity index (χ3v) is 3.32. The molecule has 1 rings (SSSR count). The van der Waals surface area contributed by atoms with E-state index in [9.17, 15) is 0 Å². The van der Waals surface area contributed by atoms with E-state index in [0.717, 1.165) is 25.9 Å². The van der Waals surface area contributed by atoms with Crippen molar-refractivity contribution >= 4 is 0 Å². The maximum atomic E-state index is 4.20. The Bertz CT molecular complexity index is 368. The van der Waals surface area contributed by atoms with Crippen LogP contribution >= 0.6 is 0 Å². The Labute approximate surface area is 111 Å². The molecule has 3 heteroatoms. The monoisotopic (exact) mass is 249 g/mol. The van der Waals surface area contributed by atoms with Gasteiger partial charge in [0.2, 0.25) is 0 Å². The highest BCUT2D eigenvalue weighted by Crippen LogP contribution is 2.24. The van der Waals surface area contributed by atoms with Gasteiger partial charge in [-0.1, -0.05) is 26.8 Å². The van der Waals surface area contributed by atoms with Crippen LogP contribution in [-0.2, 0) is 13.5 Å². The van der Waals surface area contributed by atoms with Crippen LogP contribution in [0.2, 0.25) is 0 Å². The Morgan fingerprint density at radius 1 is 1.56 bits per heavy atom. The molecule has 1 aromatic rings. The van der Waals surface area contributed by atoms with Gasteiger partial charge in [-0.05, 0) is 36.3 Å². The molecular formula is C15H27N3. The molecule has 0 spiro atoms. The van der Waals surface area contributed by atoms with Crippen molar-refractivity contribution < 1.29 is 0 Å². The molecule has 18 heavy (non-hydrogen) atoms. The first-order valence-corrected chi connectivity index (χ1v) is 6.77. The maximum Gasteiger partial charge on any atom is 0.0521 e. The Morgan fingerprint density at radius 2 is 2.28 bits per heavy atom. The molecule has 0 aliphatic carbocycles. The van der Waals surface area contributed by atoms with Gasteiger partial charge in [0.25, 0.3) is 0 Å². The van der Waals surface area contributed by atoms with Crippen molar-refractivity contribution in [3.63, 3.8) is 0 Å². The van der Waals surface area contributed by atoms with Gasteiger partial charge in [-0.3, -0.25) is 4.68 Å². The van der Waals surface area contributed by atoms with E-state index in [1.165, 1.54) is 5.56 Å². The van der Waals surface area contributed by atoms with E-state index < -0.39 is 0 Å². The second kappa shape index (κ2) is 6.74. The number of rotatable bonds is 8. The predicted molar refractivity (Wildman–Crippen MR) is 77.5 cm³/mol. The highest BCUT2D eigenvalue weighted by atomic mass is 15.2. The topological polar surface area (TPSA) is 29.9 Å². The van der Waals surface area contributed by atoms with Gasteiger partial charge in [0.1, 0.15) is 0 Å². The number of hydrogen-bond acceptors (Lipinski definition) is 2. The largest absolute Gasteiger partial charge is 0.316 e. The highest BCUT2D eigenvalue weighted by molar-refractivity contribution is 5.06. The van der Waals surface area contributed by atoms with E-state index in [1.807, 2.05) is 17.9 Å². The summed E-state index contributed by atoms with van der Waals surface area (Å²) in [6, 6.07) is 0. The number of hydrogen-bond donors (Lipinski definition) is 1. The molecule has 1 unspecified atom stereocenters. The molecule has 1 N–H and O–H groups in total. The SMILES string of the molecule is C=CC(C)(CCc1cnn(C)c1)CNCC(C)C. The van der Waals surface area contributed by atoms with E-state index in [4.69, 9.17) is 0 Å². The van der Waals surface area contributed by atoms with Crippen LogP contribution in [0.1, 0.15) is 32.8 Å². The van der Waals surface area contributed by atoms with Crippen molar-refractivity contribution in [3.05, 3.63) is 30.6 Å². The minimum atomic E-state index is 0.157. The fourth-order valence-electron chi connectivity index (χ4n) is 1.94. The summed E-state index contributed by atoms with van der Waals surface area (Å²) in [4.78, 5) is 0. The van der Waals surface area contributed by atoms with Crippen LogP contribution in [0.3, 0.4) is 0 Å². The second-order valence-corrected chi connectivity index (χ2v) is 5.91. The average Bonchev–Trinajstić information content (AvgIpc) is 2.72. The summed E-state index contributed by atoms with van der Waals surface area (Å²) in [6.45, 7) is 12.8. The highest BCUT2D eigenvalue weighted by Gasteiger charge is 2.19. The van der Waals surface area contributed by atoms with E-state index in [1.54, 1.807) is 0 Å². The number of nitrogens with one attached hydrogen (secondary N) is 1. The van der Waals surface area contributed by atoms with Gasteiger partial charge < -0.3 is 5.32 Å². The van der Waals surface area contributed by atoms with Crippen LogP contribution < -0.4 is 5.32 Å². The van der Waals surface area contributed by atoms with Gasteiger partial charge >= 0.3 is 0 Å². The van der Waals surface area contributed by atoms with Gasteiger partial charge in [-0.25, -0.2) is 0 Å². The van der Waals surface area contributed by atoms with Gasteiger partial charge in [0.05, 0.1) is 6.20 Å². The first-order chi connectivity index (χ1) is 8.45. The second-order valence-electron chi connectivity index (χ2n) is 5.91. The van der Waals surface area contributed by atoms with Crippen molar-refractivity contribution in [2.24, 2.45) is 18.4 Å². The molecule has 0 saturated heterocycles. The van der Waals surface area contributed by atoms with Crippen molar-refractivity contribution in [1.29, 1.82) is 0 Å². The molecule has 0 bridgehead atoms. The van der Waals surface area contributed by atoms with Gasteiger partial charge in [0, 0.05) is 19.8 Å². The quantitative estimate of drug-likeness (QED) is 0.718. The molecule has 0 aliphatic heterocycles. The Morgan fingerprint density at radius 3 is 2.78 bits per heavy atom. The summed E-state index contributed by atoms with van der Waals surface area (Å²) in [5.41, 5.74) is 1.46. The Kier molecular flexibility index (Phi) is 5.60. The first-order valence-electron chi connectivity index (χ1n) is 6.77. The maximum absolute atomic E-state index is 4.20. The van der Waals surface area contributed by atoms with Crippen LogP contribution in [0.15, 0.2) is 25.0 Å². The van der Waals surface area contributed by atoms with Gasteiger partial charge in [-0.2, -0.15) is 5.10 Å². The smallest absolute Gasteiger partial charge is 0.0521 e. The van der Waals surface area contributed by atoms with Crippen LogP contribution in [0.4, 0.5) is 0 Å². The fraction of sp³-hybridized carbons (Fsp3) is 0.667. The summed E-state index contributed by atoms with van der Waals surface area (Å²) in [5.74, 6) is 0.692. The molecule has 1 atom stereocenters. The molecule has 1 aromatic heterocycles. The molecule has 0 aromatic carbocycles. The Hall–Kier alpha value is -1.09. The lowest BCUT2D eigenvalue weighted by atomic mass is 9.84. The number of aromatic nitrogens is 2. The lowest BCUT2D eigenvalue weighted by molar-refractivity contribution is 0.355. The summed E-state index contributed by atoms with van der Waals surface area (Å²) in [5, 5.41) is 7.73. The third-order valence-electron chi connectivity index (χ3n) is 3.32. The van der Waals surface area contributed by atoms with Crippen LogP contribution in [-0.4, -0.2) is 22.9 Å².